The Kier molecular flexibility index (Phi) is 3.21. The van der Waals surface area contributed by atoms with Crippen molar-refractivity contribution < 1.29 is 0 Å². The van der Waals surface area contributed by atoms with Gasteiger partial charge in [-0.05, 0) is 36.8 Å². The molecule has 0 saturated carbocycles. The molecule has 0 bridgehead atoms. The van der Waals surface area contributed by atoms with E-state index >= 15 is 0 Å². The maximum absolute atomic E-state index is 6.09. The first-order valence-electron chi connectivity index (χ1n) is 5.98. The van der Waals surface area contributed by atoms with Crippen molar-refractivity contribution in [2.24, 2.45) is 0 Å². The quantitative estimate of drug-likeness (QED) is 0.625. The van der Waals surface area contributed by atoms with Gasteiger partial charge < -0.3 is 4.40 Å². The van der Waals surface area contributed by atoms with Crippen LogP contribution in [0.4, 0.5) is 0 Å². The van der Waals surface area contributed by atoms with Gasteiger partial charge in [-0.1, -0.05) is 23.7 Å². The summed E-state index contributed by atoms with van der Waals surface area (Å²) >= 11 is 12.0. The number of aromatic nitrogens is 2. The number of halogens is 2. The van der Waals surface area contributed by atoms with Gasteiger partial charge in [0.05, 0.1) is 17.3 Å². The molecule has 1 aromatic carbocycles. The topological polar surface area (TPSA) is 17.3 Å². The highest BCUT2D eigenvalue weighted by Gasteiger charge is 2.13. The fourth-order valence-electron chi connectivity index (χ4n) is 2.16. The van der Waals surface area contributed by atoms with E-state index < -0.39 is 0 Å². The van der Waals surface area contributed by atoms with Crippen molar-refractivity contribution >= 4 is 28.8 Å². The van der Waals surface area contributed by atoms with Crippen LogP contribution >= 0.6 is 23.2 Å². The molecular formula is C15H12Cl2N2. The number of aryl methyl sites for hydroxylation is 1. The number of rotatable bonds is 2. The van der Waals surface area contributed by atoms with Crippen LogP contribution in [0.15, 0.2) is 42.6 Å². The van der Waals surface area contributed by atoms with Gasteiger partial charge in [0.25, 0.3) is 0 Å². The van der Waals surface area contributed by atoms with Gasteiger partial charge in [-0.25, -0.2) is 4.98 Å². The second kappa shape index (κ2) is 4.87. The largest absolute Gasteiger partial charge is 0.302 e. The van der Waals surface area contributed by atoms with E-state index in [0.29, 0.717) is 5.88 Å². The predicted molar refractivity (Wildman–Crippen MR) is 79.9 cm³/mol. The van der Waals surface area contributed by atoms with E-state index in [2.05, 4.69) is 24.0 Å². The maximum Gasteiger partial charge on any atom is 0.137 e. The summed E-state index contributed by atoms with van der Waals surface area (Å²) in [6.45, 7) is 2.05. The van der Waals surface area contributed by atoms with Crippen LogP contribution in [0.3, 0.4) is 0 Å². The van der Waals surface area contributed by atoms with Gasteiger partial charge in [0.1, 0.15) is 5.65 Å². The first-order chi connectivity index (χ1) is 9.19. The fraction of sp³-hybridized carbons (Fsp3) is 0.133. The van der Waals surface area contributed by atoms with Crippen molar-refractivity contribution in [3.63, 3.8) is 0 Å². The zero-order chi connectivity index (χ0) is 13.4. The second-order valence-corrected chi connectivity index (χ2v) is 5.18. The minimum Gasteiger partial charge on any atom is -0.302 e. The van der Waals surface area contributed by atoms with Gasteiger partial charge in [-0.15, -0.1) is 11.6 Å². The summed E-state index contributed by atoms with van der Waals surface area (Å²) < 4.78 is 2.03. The van der Waals surface area contributed by atoms with E-state index in [1.54, 1.807) is 0 Å². The lowest BCUT2D eigenvalue weighted by atomic mass is 10.1. The molecule has 0 unspecified atom stereocenters. The lowest BCUT2D eigenvalue weighted by molar-refractivity contribution is 1.08. The van der Waals surface area contributed by atoms with E-state index in [1.807, 2.05) is 34.9 Å². The Morgan fingerprint density at radius 1 is 1.16 bits per heavy atom. The normalized spacial score (nSPS) is 11.1. The van der Waals surface area contributed by atoms with Crippen LogP contribution in [0.25, 0.3) is 16.9 Å². The van der Waals surface area contributed by atoms with Crippen molar-refractivity contribution in [1.29, 1.82) is 0 Å². The third-order valence-corrected chi connectivity index (χ3v) is 3.63. The summed E-state index contributed by atoms with van der Waals surface area (Å²) in [5.41, 5.74) is 5.04. The van der Waals surface area contributed by atoms with E-state index in [-0.39, 0.29) is 0 Å². The molecular weight excluding hydrogens is 279 g/mol. The summed E-state index contributed by atoms with van der Waals surface area (Å²) in [6.07, 6.45) is 2.01. The number of alkyl halides is 1. The SMILES string of the molecule is Cc1ccn2c(CCl)c(-c3ccc(Cl)cc3)nc2c1. The molecule has 0 aliphatic heterocycles. The zero-order valence-corrected chi connectivity index (χ0v) is 11.9. The molecule has 0 aliphatic carbocycles. The molecule has 0 N–H and O–H groups in total. The molecule has 0 spiro atoms. The molecule has 19 heavy (non-hydrogen) atoms. The predicted octanol–water partition coefficient (Wildman–Crippen LogP) is 4.70. The molecule has 2 heterocycles. The molecule has 0 atom stereocenters. The molecule has 0 fully saturated rings. The van der Waals surface area contributed by atoms with Gasteiger partial charge in [0.15, 0.2) is 0 Å². The number of imidazole rings is 1. The average Bonchev–Trinajstić information content (AvgIpc) is 2.77. The van der Waals surface area contributed by atoms with Gasteiger partial charge in [-0.3, -0.25) is 0 Å². The standard InChI is InChI=1S/C15H12Cl2N2/c1-10-6-7-19-13(9-16)15(18-14(19)8-10)11-2-4-12(17)5-3-11/h2-8H,9H2,1H3. The van der Waals surface area contributed by atoms with Gasteiger partial charge in [0, 0.05) is 16.8 Å². The summed E-state index contributed by atoms with van der Waals surface area (Å²) in [5.74, 6) is 0.419. The van der Waals surface area contributed by atoms with Crippen molar-refractivity contribution in [1.82, 2.24) is 9.38 Å². The minimum atomic E-state index is 0.419. The number of pyridine rings is 1. The molecule has 0 saturated heterocycles. The second-order valence-electron chi connectivity index (χ2n) is 4.48. The van der Waals surface area contributed by atoms with Gasteiger partial charge >= 0.3 is 0 Å². The Labute approximate surface area is 121 Å². The first-order valence-corrected chi connectivity index (χ1v) is 6.90. The zero-order valence-electron chi connectivity index (χ0n) is 10.4. The highest BCUT2D eigenvalue weighted by atomic mass is 35.5. The molecule has 3 aromatic rings. The van der Waals surface area contributed by atoms with Crippen LogP contribution in [0, 0.1) is 6.92 Å². The maximum atomic E-state index is 6.09. The first kappa shape index (κ1) is 12.5. The summed E-state index contributed by atoms with van der Waals surface area (Å²) in [5, 5.41) is 0.718. The van der Waals surface area contributed by atoms with Crippen molar-refractivity contribution in [3.05, 3.63) is 58.9 Å². The monoisotopic (exact) mass is 290 g/mol. The van der Waals surface area contributed by atoms with E-state index in [9.17, 15) is 0 Å². The van der Waals surface area contributed by atoms with E-state index in [0.717, 1.165) is 27.6 Å². The number of nitrogens with zero attached hydrogens (tertiary/aromatic N) is 2. The van der Waals surface area contributed by atoms with Gasteiger partial charge in [0.2, 0.25) is 0 Å². The Morgan fingerprint density at radius 3 is 2.58 bits per heavy atom. The lowest BCUT2D eigenvalue weighted by Gasteiger charge is -2.02. The number of benzene rings is 1. The highest BCUT2D eigenvalue weighted by Crippen LogP contribution is 2.27. The molecule has 0 aliphatic rings. The minimum absolute atomic E-state index is 0.419. The summed E-state index contributed by atoms with van der Waals surface area (Å²) in [4.78, 5) is 4.68. The number of hydrogen-bond acceptors (Lipinski definition) is 1. The average molecular weight is 291 g/mol. The molecule has 0 radical (unpaired) electrons. The third-order valence-electron chi connectivity index (χ3n) is 3.12. The van der Waals surface area contributed by atoms with E-state index in [4.69, 9.17) is 23.2 Å². The molecule has 2 nitrogen and oxygen atoms in total. The van der Waals surface area contributed by atoms with Crippen molar-refractivity contribution in [2.45, 2.75) is 12.8 Å². The molecule has 4 heteroatoms. The van der Waals surface area contributed by atoms with Crippen LogP contribution in [-0.4, -0.2) is 9.38 Å². The van der Waals surface area contributed by atoms with Gasteiger partial charge in [-0.2, -0.15) is 0 Å². The Morgan fingerprint density at radius 2 is 1.89 bits per heavy atom. The Balaban J connectivity index is 2.25. The van der Waals surface area contributed by atoms with Crippen LogP contribution in [0.1, 0.15) is 11.3 Å². The summed E-state index contributed by atoms with van der Waals surface area (Å²) in [6, 6.07) is 11.8. The van der Waals surface area contributed by atoms with Crippen molar-refractivity contribution in [2.75, 3.05) is 0 Å². The van der Waals surface area contributed by atoms with Crippen LogP contribution in [0.5, 0.6) is 0 Å². The van der Waals surface area contributed by atoms with Crippen LogP contribution < -0.4 is 0 Å². The number of fused-ring (bicyclic) bond motifs is 1. The third kappa shape index (κ3) is 2.22. The lowest BCUT2D eigenvalue weighted by Crippen LogP contribution is -1.91. The number of hydrogen-bond donors (Lipinski definition) is 0. The molecule has 96 valence electrons. The van der Waals surface area contributed by atoms with Crippen molar-refractivity contribution in [3.8, 4) is 11.3 Å². The Hall–Kier alpha value is -1.51. The molecule has 3 rings (SSSR count). The Bertz CT molecular complexity index is 730. The summed E-state index contributed by atoms with van der Waals surface area (Å²) in [7, 11) is 0. The fourth-order valence-corrected chi connectivity index (χ4v) is 2.55. The van der Waals surface area contributed by atoms with Crippen LogP contribution in [-0.2, 0) is 5.88 Å². The van der Waals surface area contributed by atoms with Crippen LogP contribution in [0.2, 0.25) is 5.02 Å². The highest BCUT2D eigenvalue weighted by molar-refractivity contribution is 6.30. The molecule has 0 amide bonds. The van der Waals surface area contributed by atoms with E-state index in [1.165, 1.54) is 5.56 Å². The smallest absolute Gasteiger partial charge is 0.137 e. The molecule has 2 aromatic heterocycles.